The molecule has 0 radical (unpaired) electrons. The first-order valence-electron chi connectivity index (χ1n) is 4.25. The van der Waals surface area contributed by atoms with Crippen LogP contribution in [0.25, 0.3) is 0 Å². The van der Waals surface area contributed by atoms with Crippen LogP contribution in [0.1, 0.15) is 5.56 Å². The van der Waals surface area contributed by atoms with Gasteiger partial charge < -0.3 is 0 Å². The van der Waals surface area contributed by atoms with Gasteiger partial charge in [0, 0.05) is 0 Å². The van der Waals surface area contributed by atoms with Gasteiger partial charge in [-0.2, -0.15) is 0 Å². The van der Waals surface area contributed by atoms with Gasteiger partial charge in [-0.25, -0.2) is 0 Å². The van der Waals surface area contributed by atoms with Crippen molar-refractivity contribution in [3.63, 3.8) is 0 Å². The van der Waals surface area contributed by atoms with E-state index in [4.69, 9.17) is 0 Å². The summed E-state index contributed by atoms with van der Waals surface area (Å²) in [6, 6.07) is 8.04. The van der Waals surface area contributed by atoms with Crippen LogP contribution in [0.3, 0.4) is 0 Å². The van der Waals surface area contributed by atoms with Crippen LogP contribution in [-0.2, 0) is 4.79 Å². The third kappa shape index (κ3) is 1.84. The van der Waals surface area contributed by atoms with Gasteiger partial charge >= 0.3 is 97.3 Å². The molecule has 1 aromatic carbocycles. The summed E-state index contributed by atoms with van der Waals surface area (Å²) in [5, 5.41) is 0.684. The maximum absolute atomic E-state index is 11.6. The minimum absolute atomic E-state index is 0.211. The topological polar surface area (TPSA) is 20.3 Å². The Morgan fingerprint density at radius 2 is 2.00 bits per heavy atom. The molecule has 0 aromatic heterocycles. The molecule has 1 aliphatic heterocycles. The van der Waals surface area contributed by atoms with Crippen molar-refractivity contribution in [2.24, 2.45) is 0 Å². The zero-order valence-electron chi connectivity index (χ0n) is 7.69. The summed E-state index contributed by atoms with van der Waals surface area (Å²) >= 11 is 3.29. The monoisotopic (exact) mass is 319 g/mol. The number of nitrogens with zero attached hydrogens (tertiary/aromatic N) is 1. The van der Waals surface area contributed by atoms with E-state index in [9.17, 15) is 4.79 Å². The average Bonchev–Trinajstić information content (AvgIpc) is 2.49. The molecule has 0 bridgehead atoms. The van der Waals surface area contributed by atoms with E-state index in [1.807, 2.05) is 31.2 Å². The summed E-state index contributed by atoms with van der Waals surface area (Å²) in [7, 11) is 0. The molecule has 2 nitrogen and oxygen atoms in total. The van der Waals surface area contributed by atoms with E-state index >= 15 is 0 Å². The SMILES string of the molecule is Cc1ccc(N2C(=O)C[Se]C2=[Se])cc1. The molecule has 4 heteroatoms. The van der Waals surface area contributed by atoms with Gasteiger partial charge in [0.1, 0.15) is 0 Å². The molecule has 0 spiro atoms. The van der Waals surface area contributed by atoms with Crippen molar-refractivity contribution >= 4 is 45.6 Å². The van der Waals surface area contributed by atoms with Crippen molar-refractivity contribution in [2.45, 2.75) is 12.2 Å². The molecular formula is C10H9NOSe2. The van der Waals surface area contributed by atoms with Gasteiger partial charge in [-0.3, -0.25) is 0 Å². The normalized spacial score (nSPS) is 16.5. The van der Waals surface area contributed by atoms with E-state index in [0.29, 0.717) is 20.3 Å². The molecule has 1 fully saturated rings. The second kappa shape index (κ2) is 3.99. The molecule has 1 aliphatic rings. The van der Waals surface area contributed by atoms with Crippen LogP contribution in [0.15, 0.2) is 24.3 Å². The summed E-state index contributed by atoms with van der Waals surface area (Å²) in [6.45, 7) is 2.04. The van der Waals surface area contributed by atoms with Gasteiger partial charge in [0.05, 0.1) is 0 Å². The van der Waals surface area contributed by atoms with Gasteiger partial charge in [-0.15, -0.1) is 0 Å². The number of hydrogen-bond acceptors (Lipinski definition) is 1. The maximum atomic E-state index is 11.6. The molecule has 0 saturated carbocycles. The number of hydrogen-bond donors (Lipinski definition) is 0. The summed E-state index contributed by atoms with van der Waals surface area (Å²) in [5.74, 6) is 0.211. The quantitative estimate of drug-likeness (QED) is 0.699. The molecule has 0 N–H and O–H groups in total. The third-order valence-electron chi connectivity index (χ3n) is 2.04. The first kappa shape index (κ1) is 10.1. The van der Waals surface area contributed by atoms with Crippen LogP contribution < -0.4 is 4.90 Å². The van der Waals surface area contributed by atoms with Crippen molar-refractivity contribution in [3.05, 3.63) is 29.8 Å². The van der Waals surface area contributed by atoms with Crippen LogP contribution in [0.5, 0.6) is 0 Å². The van der Waals surface area contributed by atoms with Crippen LogP contribution in [-0.4, -0.2) is 39.9 Å². The number of aryl methyl sites for hydroxylation is 1. The number of amides is 1. The Morgan fingerprint density at radius 1 is 1.36 bits per heavy atom. The standard InChI is InChI=1S/C10H9NOSe2/c1-7-2-4-8(5-3-7)11-9(12)6-14-10(11)13/h2-5H,6H2,1H3. The van der Waals surface area contributed by atoms with E-state index in [-0.39, 0.29) is 5.91 Å². The first-order valence-corrected chi connectivity index (χ1v) is 7.17. The molecule has 1 amide bonds. The van der Waals surface area contributed by atoms with Crippen LogP contribution in [0.4, 0.5) is 5.69 Å². The van der Waals surface area contributed by atoms with E-state index in [1.165, 1.54) is 5.56 Å². The third-order valence-corrected chi connectivity index (χ3v) is 5.43. The Labute approximate surface area is 97.2 Å². The second-order valence-electron chi connectivity index (χ2n) is 3.12. The predicted octanol–water partition coefficient (Wildman–Crippen LogP) is 0.720. The number of carbonyl (C=O) groups is 1. The van der Waals surface area contributed by atoms with Crippen LogP contribution >= 0.6 is 0 Å². The summed E-state index contributed by atoms with van der Waals surface area (Å²) < 4.78 is 1.09. The Balaban J connectivity index is 2.34. The van der Waals surface area contributed by atoms with Crippen LogP contribution in [0, 0.1) is 6.92 Å². The van der Waals surface area contributed by atoms with Crippen molar-refractivity contribution in [1.82, 2.24) is 0 Å². The van der Waals surface area contributed by atoms with Gasteiger partial charge in [0.2, 0.25) is 0 Å². The fourth-order valence-corrected chi connectivity index (χ4v) is 3.87. The zero-order valence-corrected chi connectivity index (χ0v) is 11.1. The van der Waals surface area contributed by atoms with Gasteiger partial charge in [-0.1, -0.05) is 0 Å². The molecule has 0 unspecified atom stereocenters. The fourth-order valence-electron chi connectivity index (χ4n) is 1.30. The first-order chi connectivity index (χ1) is 6.68. The summed E-state index contributed by atoms with van der Waals surface area (Å²) in [5.41, 5.74) is 2.20. The van der Waals surface area contributed by atoms with Crippen molar-refractivity contribution in [1.29, 1.82) is 0 Å². The molecule has 1 heterocycles. The molecule has 72 valence electrons. The summed E-state index contributed by atoms with van der Waals surface area (Å²) in [4.78, 5) is 13.4. The second-order valence-corrected chi connectivity index (χ2v) is 7.26. The Morgan fingerprint density at radius 3 is 2.50 bits per heavy atom. The van der Waals surface area contributed by atoms with Crippen molar-refractivity contribution < 1.29 is 4.79 Å². The Kier molecular flexibility index (Phi) is 2.89. The zero-order chi connectivity index (χ0) is 10.1. The van der Waals surface area contributed by atoms with Gasteiger partial charge in [0.25, 0.3) is 0 Å². The van der Waals surface area contributed by atoms with Gasteiger partial charge in [-0.05, 0) is 0 Å². The van der Waals surface area contributed by atoms with E-state index in [0.717, 1.165) is 9.13 Å². The van der Waals surface area contributed by atoms with Crippen molar-refractivity contribution in [3.8, 4) is 0 Å². The van der Waals surface area contributed by atoms with Gasteiger partial charge in [0.15, 0.2) is 0 Å². The molecule has 2 rings (SSSR count). The number of benzene rings is 1. The summed E-state index contributed by atoms with van der Waals surface area (Å²) in [6.07, 6.45) is 0. The Bertz CT molecular complexity index is 370. The van der Waals surface area contributed by atoms with E-state index < -0.39 is 0 Å². The predicted molar refractivity (Wildman–Crippen MR) is 60.0 cm³/mol. The van der Waals surface area contributed by atoms with Crippen LogP contribution in [0.2, 0.25) is 5.32 Å². The number of anilines is 1. The molecule has 1 aromatic rings. The molecule has 0 aliphatic carbocycles. The molecule has 14 heavy (non-hydrogen) atoms. The minimum atomic E-state index is 0.211. The van der Waals surface area contributed by atoms with Crippen molar-refractivity contribution in [2.75, 3.05) is 4.90 Å². The Hall–Kier alpha value is -0.401. The molecule has 1 saturated heterocycles. The number of rotatable bonds is 1. The number of carbonyl (C=O) groups excluding carboxylic acids is 1. The van der Waals surface area contributed by atoms with E-state index in [1.54, 1.807) is 4.90 Å². The molecular weight excluding hydrogens is 308 g/mol. The fraction of sp³-hybridized carbons (Fsp3) is 0.200. The molecule has 0 atom stereocenters. The van der Waals surface area contributed by atoms with E-state index in [2.05, 4.69) is 15.6 Å². The average molecular weight is 317 g/mol.